The molecule has 3 aromatic rings. The van der Waals surface area contributed by atoms with E-state index in [1.807, 2.05) is 29.0 Å². The second kappa shape index (κ2) is 8.34. The molecule has 0 spiro atoms. The summed E-state index contributed by atoms with van der Waals surface area (Å²) < 4.78 is 1.93. The molecular formula is C19H18Cl2N4O2S. The normalized spacial score (nSPS) is 10.9. The van der Waals surface area contributed by atoms with Gasteiger partial charge >= 0.3 is 0 Å². The second-order valence-corrected chi connectivity index (χ2v) is 7.81. The minimum absolute atomic E-state index is 0.118. The highest BCUT2D eigenvalue weighted by molar-refractivity contribution is 7.13. The maximum absolute atomic E-state index is 11.8. The van der Waals surface area contributed by atoms with Gasteiger partial charge in [-0.15, -0.1) is 11.3 Å². The van der Waals surface area contributed by atoms with Crippen LogP contribution in [0, 0.1) is 6.92 Å². The van der Waals surface area contributed by atoms with Gasteiger partial charge in [0.2, 0.25) is 5.91 Å². The lowest BCUT2D eigenvalue weighted by molar-refractivity contribution is -0.118. The fourth-order valence-electron chi connectivity index (χ4n) is 2.92. The Labute approximate surface area is 176 Å². The maximum atomic E-state index is 11.8. The summed E-state index contributed by atoms with van der Waals surface area (Å²) in [7, 11) is 0. The van der Waals surface area contributed by atoms with Crippen molar-refractivity contribution in [3.8, 4) is 22.0 Å². The molecule has 0 aliphatic carbocycles. The predicted molar refractivity (Wildman–Crippen MR) is 113 cm³/mol. The Balaban J connectivity index is 2.02. The number of nitrogens with zero attached hydrogens (tertiary/aromatic N) is 2. The summed E-state index contributed by atoms with van der Waals surface area (Å²) in [6, 6.07) is 7.12. The summed E-state index contributed by atoms with van der Waals surface area (Å²) in [6.45, 7) is 4.18. The highest BCUT2D eigenvalue weighted by Gasteiger charge is 2.19. The quantitative estimate of drug-likeness (QED) is 0.608. The fraction of sp³-hybridized carbons (Fsp3) is 0.211. The van der Waals surface area contributed by atoms with E-state index >= 15 is 0 Å². The number of primary amides is 1. The molecule has 6 nitrogen and oxygen atoms in total. The van der Waals surface area contributed by atoms with Crippen LogP contribution in [0.4, 0.5) is 0 Å². The highest BCUT2D eigenvalue weighted by atomic mass is 35.5. The Hall–Kier alpha value is -2.35. The van der Waals surface area contributed by atoms with Crippen molar-refractivity contribution in [1.29, 1.82) is 0 Å². The summed E-state index contributed by atoms with van der Waals surface area (Å²) in [4.78, 5) is 27.7. The third-order valence-corrected chi connectivity index (χ3v) is 5.98. The number of nitrogens with one attached hydrogen (secondary N) is 1. The van der Waals surface area contributed by atoms with Gasteiger partial charge in [0, 0.05) is 36.7 Å². The van der Waals surface area contributed by atoms with Gasteiger partial charge in [0.05, 0.1) is 27.0 Å². The molecular weight excluding hydrogens is 419 g/mol. The Morgan fingerprint density at radius 3 is 2.75 bits per heavy atom. The van der Waals surface area contributed by atoms with E-state index in [0.29, 0.717) is 34.4 Å². The zero-order valence-corrected chi connectivity index (χ0v) is 17.6. The smallest absolute Gasteiger partial charge is 0.250 e. The molecule has 0 unspecified atom stereocenters. The van der Waals surface area contributed by atoms with E-state index in [2.05, 4.69) is 10.3 Å². The van der Waals surface area contributed by atoms with Crippen LogP contribution < -0.4 is 11.1 Å². The van der Waals surface area contributed by atoms with E-state index in [9.17, 15) is 9.59 Å². The highest BCUT2D eigenvalue weighted by Crippen LogP contribution is 2.37. The van der Waals surface area contributed by atoms with Gasteiger partial charge < -0.3 is 15.6 Å². The second-order valence-electron chi connectivity index (χ2n) is 6.17. The Morgan fingerprint density at radius 1 is 1.32 bits per heavy atom. The number of thiazole rings is 1. The van der Waals surface area contributed by atoms with Crippen molar-refractivity contribution in [2.45, 2.75) is 20.4 Å². The zero-order chi connectivity index (χ0) is 20.4. The fourth-order valence-corrected chi connectivity index (χ4v) is 4.21. The zero-order valence-electron chi connectivity index (χ0n) is 15.3. The molecule has 0 bridgehead atoms. The first-order valence-corrected chi connectivity index (χ1v) is 10.1. The Bertz CT molecular complexity index is 1060. The third-order valence-electron chi connectivity index (χ3n) is 4.29. The van der Waals surface area contributed by atoms with E-state index < -0.39 is 5.91 Å². The molecule has 0 saturated heterocycles. The van der Waals surface area contributed by atoms with Crippen LogP contribution in [0.1, 0.15) is 23.0 Å². The first-order valence-electron chi connectivity index (χ1n) is 8.44. The summed E-state index contributed by atoms with van der Waals surface area (Å²) in [5.41, 5.74) is 8.84. The summed E-state index contributed by atoms with van der Waals surface area (Å²) in [5.74, 6) is -0.626. The molecule has 3 rings (SSSR count). The molecule has 2 aromatic heterocycles. The number of amides is 2. The lowest BCUT2D eigenvalue weighted by Crippen LogP contribution is -2.25. The van der Waals surface area contributed by atoms with Crippen LogP contribution in [-0.2, 0) is 11.3 Å². The molecule has 146 valence electrons. The van der Waals surface area contributed by atoms with E-state index in [1.165, 1.54) is 18.3 Å². The largest absolute Gasteiger partial charge is 0.366 e. The van der Waals surface area contributed by atoms with Gasteiger partial charge in [-0.3, -0.25) is 9.59 Å². The van der Waals surface area contributed by atoms with Gasteiger partial charge in [0.25, 0.3) is 5.91 Å². The predicted octanol–water partition coefficient (Wildman–Crippen LogP) is 4.13. The van der Waals surface area contributed by atoms with Crippen LogP contribution in [-0.4, -0.2) is 27.9 Å². The van der Waals surface area contributed by atoms with Gasteiger partial charge in [0.1, 0.15) is 5.01 Å². The molecule has 0 radical (unpaired) electrons. The monoisotopic (exact) mass is 436 g/mol. The van der Waals surface area contributed by atoms with Crippen LogP contribution in [0.5, 0.6) is 0 Å². The van der Waals surface area contributed by atoms with Crippen LogP contribution in [0.15, 0.2) is 29.6 Å². The van der Waals surface area contributed by atoms with Gasteiger partial charge in [0.15, 0.2) is 0 Å². The van der Waals surface area contributed by atoms with Crippen molar-refractivity contribution >= 4 is 46.4 Å². The minimum Gasteiger partial charge on any atom is -0.366 e. The lowest BCUT2D eigenvalue weighted by atomic mass is 10.2. The van der Waals surface area contributed by atoms with Crippen molar-refractivity contribution in [2.24, 2.45) is 5.73 Å². The minimum atomic E-state index is -0.509. The summed E-state index contributed by atoms with van der Waals surface area (Å²) >= 11 is 13.8. The standard InChI is InChI=1S/C19H18Cl2N4O2S/c1-10-13(18(22)27)8-16(25(10)7-6-23-11(2)26)15-9-28-19(24-15)12-4-3-5-14(20)17(12)21/h3-5,8-9H,6-7H2,1-2H3,(H2,22,27)(H,23,26). The van der Waals surface area contributed by atoms with Crippen LogP contribution in [0.2, 0.25) is 10.0 Å². The first kappa shape index (κ1) is 20.4. The number of benzene rings is 1. The molecule has 2 heterocycles. The lowest BCUT2D eigenvalue weighted by Gasteiger charge is -2.11. The van der Waals surface area contributed by atoms with Crippen molar-refractivity contribution < 1.29 is 9.59 Å². The van der Waals surface area contributed by atoms with E-state index in [-0.39, 0.29) is 5.91 Å². The van der Waals surface area contributed by atoms with Crippen molar-refractivity contribution in [2.75, 3.05) is 6.54 Å². The first-order chi connectivity index (χ1) is 13.3. The topological polar surface area (TPSA) is 90.0 Å². The molecule has 0 saturated carbocycles. The van der Waals surface area contributed by atoms with Crippen LogP contribution in [0.25, 0.3) is 22.0 Å². The molecule has 2 amide bonds. The van der Waals surface area contributed by atoms with E-state index in [4.69, 9.17) is 28.9 Å². The number of aromatic nitrogens is 2. The molecule has 0 fully saturated rings. The molecule has 9 heteroatoms. The van der Waals surface area contributed by atoms with Gasteiger partial charge in [-0.05, 0) is 19.1 Å². The number of carbonyl (C=O) groups excluding carboxylic acids is 2. The SMILES string of the molecule is CC(=O)NCCn1c(-c2csc(-c3cccc(Cl)c3Cl)n2)cc(C(N)=O)c1C. The van der Waals surface area contributed by atoms with Gasteiger partial charge in [-0.25, -0.2) is 4.98 Å². The van der Waals surface area contributed by atoms with Crippen molar-refractivity contribution in [1.82, 2.24) is 14.9 Å². The number of hydrogen-bond donors (Lipinski definition) is 2. The molecule has 0 atom stereocenters. The number of hydrogen-bond acceptors (Lipinski definition) is 4. The van der Waals surface area contributed by atoms with Gasteiger partial charge in [-0.2, -0.15) is 0 Å². The van der Waals surface area contributed by atoms with Crippen LogP contribution >= 0.6 is 34.5 Å². The number of carbonyl (C=O) groups is 2. The number of nitrogens with two attached hydrogens (primary N) is 1. The molecule has 28 heavy (non-hydrogen) atoms. The number of rotatable bonds is 6. The molecule has 3 N–H and O–H groups in total. The summed E-state index contributed by atoms with van der Waals surface area (Å²) in [5, 5.41) is 6.27. The maximum Gasteiger partial charge on any atom is 0.250 e. The van der Waals surface area contributed by atoms with E-state index in [0.717, 1.165) is 22.0 Å². The number of halogens is 2. The third kappa shape index (κ3) is 4.06. The molecule has 0 aliphatic heterocycles. The average Bonchev–Trinajstić information content (AvgIpc) is 3.22. The summed E-state index contributed by atoms with van der Waals surface area (Å²) in [6.07, 6.45) is 0. The molecule has 0 aliphatic rings. The van der Waals surface area contributed by atoms with E-state index in [1.54, 1.807) is 12.1 Å². The Morgan fingerprint density at radius 2 is 2.07 bits per heavy atom. The van der Waals surface area contributed by atoms with Crippen LogP contribution in [0.3, 0.4) is 0 Å². The van der Waals surface area contributed by atoms with Crippen molar-refractivity contribution in [3.63, 3.8) is 0 Å². The molecule has 1 aromatic carbocycles. The van der Waals surface area contributed by atoms with Crippen molar-refractivity contribution in [3.05, 3.63) is 50.9 Å². The Kier molecular flexibility index (Phi) is 6.07. The average molecular weight is 437 g/mol. The van der Waals surface area contributed by atoms with Gasteiger partial charge in [-0.1, -0.05) is 35.3 Å².